The van der Waals surface area contributed by atoms with Crippen molar-refractivity contribution in [2.75, 3.05) is 17.9 Å². The Kier molecular flexibility index (Phi) is 9.23. The number of nitrogens with zero attached hydrogens (tertiary/aromatic N) is 2. The van der Waals surface area contributed by atoms with Crippen LogP contribution in [0.5, 0.6) is 0 Å². The molecule has 0 heterocycles. The number of hydrogen-bond acceptors (Lipinski definition) is 4. The van der Waals surface area contributed by atoms with Gasteiger partial charge >= 0.3 is 0 Å². The van der Waals surface area contributed by atoms with Crippen LogP contribution in [0.25, 0.3) is 0 Å². The van der Waals surface area contributed by atoms with Gasteiger partial charge in [-0.3, -0.25) is 13.9 Å². The van der Waals surface area contributed by atoms with E-state index in [0.29, 0.717) is 0 Å². The molecule has 0 fully saturated rings. The van der Waals surface area contributed by atoms with E-state index >= 15 is 0 Å². The van der Waals surface area contributed by atoms with Gasteiger partial charge in [0.05, 0.1) is 15.6 Å². The van der Waals surface area contributed by atoms with Crippen LogP contribution < -0.4 is 9.62 Å². The van der Waals surface area contributed by atoms with Crippen LogP contribution >= 0.6 is 23.2 Å². The summed E-state index contributed by atoms with van der Waals surface area (Å²) in [4.78, 5) is 27.7. The Hall–Kier alpha value is -3.07. The molecule has 2 amide bonds. The number of likely N-dealkylation sites (N-methyl/N-ethyl adjacent to an activating group) is 1. The van der Waals surface area contributed by atoms with Gasteiger partial charge in [-0.2, -0.15) is 0 Å². The zero-order valence-electron chi connectivity index (χ0n) is 21.0. The molecule has 0 saturated heterocycles. The molecule has 0 spiro atoms. The molecule has 0 saturated carbocycles. The van der Waals surface area contributed by atoms with Crippen LogP contribution in [0, 0.1) is 13.8 Å². The maximum Gasteiger partial charge on any atom is 0.264 e. The van der Waals surface area contributed by atoms with E-state index in [1.54, 1.807) is 19.1 Å². The fourth-order valence-electron chi connectivity index (χ4n) is 3.79. The summed E-state index contributed by atoms with van der Waals surface area (Å²) < 4.78 is 28.6. The number of carbonyl (C=O) groups is 2. The van der Waals surface area contributed by atoms with Gasteiger partial charge in [0.25, 0.3) is 10.0 Å². The Morgan fingerprint density at radius 1 is 0.973 bits per heavy atom. The predicted octanol–water partition coefficient (Wildman–Crippen LogP) is 4.97. The van der Waals surface area contributed by atoms with Crippen molar-refractivity contribution in [3.8, 4) is 0 Å². The lowest BCUT2D eigenvalue weighted by Crippen LogP contribution is -2.50. The topological polar surface area (TPSA) is 86.8 Å². The van der Waals surface area contributed by atoms with Gasteiger partial charge in [-0.15, -0.1) is 0 Å². The van der Waals surface area contributed by atoms with Crippen molar-refractivity contribution in [3.63, 3.8) is 0 Å². The highest BCUT2D eigenvalue weighted by Gasteiger charge is 2.33. The van der Waals surface area contributed by atoms with E-state index in [4.69, 9.17) is 23.2 Å². The maximum absolute atomic E-state index is 13.8. The predicted molar refractivity (Wildman–Crippen MR) is 147 cm³/mol. The molecular formula is C27H29Cl2N3O4S. The van der Waals surface area contributed by atoms with Gasteiger partial charge in [0.2, 0.25) is 11.8 Å². The van der Waals surface area contributed by atoms with Crippen molar-refractivity contribution < 1.29 is 18.0 Å². The Bertz CT molecular complexity index is 1400. The second-order valence-corrected chi connectivity index (χ2v) is 11.4. The fourth-order valence-corrected chi connectivity index (χ4v) is 5.65. The zero-order chi connectivity index (χ0) is 27.3. The SMILES string of the molecule is CNC(=O)C(C)N(Cc1ccccc1C)C(=O)CN(c1cc(Cl)ccc1Cl)S(=O)(=O)c1ccc(C)cc1. The number of halogens is 2. The Labute approximate surface area is 228 Å². The number of anilines is 1. The van der Waals surface area contributed by atoms with Gasteiger partial charge in [-0.1, -0.05) is 65.2 Å². The first-order valence-electron chi connectivity index (χ1n) is 11.6. The summed E-state index contributed by atoms with van der Waals surface area (Å²) in [5, 5.41) is 2.93. The number of sulfonamides is 1. The summed E-state index contributed by atoms with van der Waals surface area (Å²) in [6.45, 7) is 4.86. The van der Waals surface area contributed by atoms with Crippen molar-refractivity contribution in [2.24, 2.45) is 0 Å². The van der Waals surface area contributed by atoms with Crippen LogP contribution in [-0.4, -0.2) is 44.8 Å². The van der Waals surface area contributed by atoms with Crippen molar-refractivity contribution in [1.29, 1.82) is 0 Å². The van der Waals surface area contributed by atoms with Gasteiger partial charge in [0.15, 0.2) is 0 Å². The molecule has 1 atom stereocenters. The van der Waals surface area contributed by atoms with Crippen LogP contribution in [0.3, 0.4) is 0 Å². The lowest BCUT2D eigenvalue weighted by molar-refractivity contribution is -0.139. The zero-order valence-corrected chi connectivity index (χ0v) is 23.4. The van der Waals surface area contributed by atoms with E-state index in [2.05, 4.69) is 5.32 Å². The lowest BCUT2D eigenvalue weighted by atomic mass is 10.1. The lowest BCUT2D eigenvalue weighted by Gasteiger charge is -2.32. The molecule has 7 nitrogen and oxygen atoms in total. The summed E-state index contributed by atoms with van der Waals surface area (Å²) in [6.07, 6.45) is 0. The molecule has 3 rings (SSSR count). The maximum atomic E-state index is 13.8. The Morgan fingerprint density at radius 2 is 1.62 bits per heavy atom. The quantitative estimate of drug-likeness (QED) is 0.399. The minimum atomic E-state index is -4.23. The van der Waals surface area contributed by atoms with Crippen LogP contribution in [0.4, 0.5) is 5.69 Å². The number of amides is 2. The standard InChI is InChI=1S/C27H29Cl2N3O4S/c1-18-9-12-23(13-10-18)37(35,36)32(25-15-22(28)11-14-24(25)29)17-26(33)31(20(3)27(34)30-4)16-21-8-6-5-7-19(21)2/h5-15,20H,16-17H2,1-4H3,(H,30,34). The van der Waals surface area contributed by atoms with E-state index in [1.807, 2.05) is 38.1 Å². The molecule has 196 valence electrons. The number of rotatable bonds is 9. The molecule has 0 radical (unpaired) electrons. The molecular weight excluding hydrogens is 533 g/mol. The monoisotopic (exact) mass is 561 g/mol. The Morgan fingerprint density at radius 3 is 2.24 bits per heavy atom. The van der Waals surface area contributed by atoms with E-state index < -0.39 is 28.5 Å². The van der Waals surface area contributed by atoms with Crippen molar-refractivity contribution >= 4 is 50.7 Å². The molecule has 1 N–H and O–H groups in total. The highest BCUT2D eigenvalue weighted by atomic mass is 35.5. The third-order valence-corrected chi connectivity index (χ3v) is 8.41. The third-order valence-electron chi connectivity index (χ3n) is 6.08. The van der Waals surface area contributed by atoms with Crippen LogP contribution in [-0.2, 0) is 26.2 Å². The molecule has 0 aliphatic carbocycles. The normalized spacial score (nSPS) is 12.1. The summed E-state index contributed by atoms with van der Waals surface area (Å²) in [7, 11) is -2.75. The van der Waals surface area contributed by atoms with Crippen molar-refractivity contribution in [3.05, 3.63) is 93.5 Å². The van der Waals surface area contributed by atoms with Gasteiger partial charge in [-0.25, -0.2) is 8.42 Å². The van der Waals surface area contributed by atoms with Crippen molar-refractivity contribution in [1.82, 2.24) is 10.2 Å². The fraction of sp³-hybridized carbons (Fsp3) is 0.259. The first kappa shape index (κ1) is 28.5. The van der Waals surface area contributed by atoms with E-state index in [1.165, 1.54) is 42.3 Å². The molecule has 0 bridgehead atoms. The summed E-state index contributed by atoms with van der Waals surface area (Å²) in [5.41, 5.74) is 2.71. The van der Waals surface area contributed by atoms with Crippen LogP contribution in [0.15, 0.2) is 71.6 Å². The van der Waals surface area contributed by atoms with E-state index in [0.717, 1.165) is 21.0 Å². The second-order valence-electron chi connectivity index (χ2n) is 8.66. The number of nitrogens with one attached hydrogen (secondary N) is 1. The summed E-state index contributed by atoms with van der Waals surface area (Å²) in [5.74, 6) is -0.957. The average molecular weight is 563 g/mol. The van der Waals surface area contributed by atoms with Gasteiger partial charge < -0.3 is 10.2 Å². The van der Waals surface area contributed by atoms with Crippen molar-refractivity contribution in [2.45, 2.75) is 38.3 Å². The highest BCUT2D eigenvalue weighted by molar-refractivity contribution is 7.92. The molecule has 0 aliphatic heterocycles. The number of benzene rings is 3. The van der Waals surface area contributed by atoms with Crippen LogP contribution in [0.1, 0.15) is 23.6 Å². The third kappa shape index (κ3) is 6.63. The molecule has 10 heteroatoms. The van der Waals surface area contributed by atoms with Gasteiger partial charge in [0.1, 0.15) is 12.6 Å². The molecule has 3 aromatic rings. The number of hydrogen-bond donors (Lipinski definition) is 1. The second kappa shape index (κ2) is 12.0. The number of aryl methyl sites for hydroxylation is 2. The first-order valence-corrected chi connectivity index (χ1v) is 13.7. The largest absolute Gasteiger partial charge is 0.357 e. The minimum absolute atomic E-state index is 0.00764. The molecule has 0 aliphatic rings. The molecule has 1 unspecified atom stereocenters. The Balaban J connectivity index is 2.09. The highest BCUT2D eigenvalue weighted by Crippen LogP contribution is 2.33. The number of carbonyl (C=O) groups excluding carboxylic acids is 2. The molecule has 0 aromatic heterocycles. The molecule has 37 heavy (non-hydrogen) atoms. The van der Waals surface area contributed by atoms with Gasteiger partial charge in [-0.05, 0) is 62.2 Å². The van der Waals surface area contributed by atoms with Gasteiger partial charge in [0, 0.05) is 18.6 Å². The molecule has 3 aromatic carbocycles. The first-order chi connectivity index (χ1) is 17.4. The average Bonchev–Trinajstić information content (AvgIpc) is 2.87. The van der Waals surface area contributed by atoms with E-state index in [9.17, 15) is 18.0 Å². The van der Waals surface area contributed by atoms with Crippen LogP contribution in [0.2, 0.25) is 10.0 Å². The summed E-state index contributed by atoms with van der Waals surface area (Å²) >= 11 is 12.6. The smallest absolute Gasteiger partial charge is 0.264 e. The van der Waals surface area contributed by atoms with E-state index in [-0.39, 0.29) is 33.1 Å². The summed E-state index contributed by atoms with van der Waals surface area (Å²) in [6, 6.07) is 17.3. The minimum Gasteiger partial charge on any atom is -0.357 e.